The standard InChI is InChI=1S/C25H23Cl2N5O2S/c1-2-5-17-14-24(32-23-7-4-3-6-22(23)29-25(32)19(17)16-28)30-10-12-31(13-11-30)35(33,34)18-8-9-20(26)21(27)15-18/h3-4,6-9,14-15H,2,5,10-13H2,1H3. The molecule has 0 saturated carbocycles. The maximum Gasteiger partial charge on any atom is 0.243 e. The Labute approximate surface area is 214 Å². The van der Waals surface area contributed by atoms with E-state index >= 15 is 0 Å². The van der Waals surface area contributed by atoms with Crippen molar-refractivity contribution in [2.75, 3.05) is 31.1 Å². The summed E-state index contributed by atoms with van der Waals surface area (Å²) in [6.07, 6.45) is 1.67. The van der Waals surface area contributed by atoms with Crippen LogP contribution in [0.3, 0.4) is 0 Å². The molecule has 0 bridgehead atoms. The lowest BCUT2D eigenvalue weighted by molar-refractivity contribution is 0.383. The van der Waals surface area contributed by atoms with Crippen molar-refractivity contribution in [3.8, 4) is 6.07 Å². The second-order valence-corrected chi connectivity index (χ2v) is 11.2. The lowest BCUT2D eigenvalue weighted by atomic mass is 10.1. The summed E-state index contributed by atoms with van der Waals surface area (Å²) in [6, 6.07) is 16.6. The second kappa shape index (κ2) is 9.32. The molecule has 10 heteroatoms. The molecular formula is C25H23Cl2N5O2S. The van der Waals surface area contributed by atoms with Crippen LogP contribution in [0.15, 0.2) is 53.4 Å². The molecule has 2 aromatic heterocycles. The summed E-state index contributed by atoms with van der Waals surface area (Å²) in [5, 5.41) is 10.5. The van der Waals surface area contributed by atoms with Gasteiger partial charge in [0.2, 0.25) is 10.0 Å². The highest BCUT2D eigenvalue weighted by Crippen LogP contribution is 2.31. The zero-order valence-electron chi connectivity index (χ0n) is 19.1. The van der Waals surface area contributed by atoms with Crippen LogP contribution in [-0.4, -0.2) is 48.3 Å². The van der Waals surface area contributed by atoms with Crippen LogP contribution in [0, 0.1) is 11.3 Å². The number of rotatable bonds is 5. The van der Waals surface area contributed by atoms with Gasteiger partial charge in [0.1, 0.15) is 11.9 Å². The first-order valence-electron chi connectivity index (χ1n) is 11.4. The first-order chi connectivity index (χ1) is 16.8. The number of fused-ring (bicyclic) bond motifs is 3. The number of benzene rings is 2. The van der Waals surface area contributed by atoms with Gasteiger partial charge in [-0.05, 0) is 48.4 Å². The number of nitriles is 1. The molecule has 2 aromatic carbocycles. The van der Waals surface area contributed by atoms with Crippen LogP contribution in [0.5, 0.6) is 0 Å². The van der Waals surface area contributed by atoms with Crippen LogP contribution in [0.25, 0.3) is 16.7 Å². The molecule has 180 valence electrons. The van der Waals surface area contributed by atoms with E-state index in [1.807, 2.05) is 28.7 Å². The van der Waals surface area contributed by atoms with Crippen LogP contribution in [-0.2, 0) is 16.4 Å². The predicted molar refractivity (Wildman–Crippen MR) is 139 cm³/mol. The molecule has 3 heterocycles. The first-order valence-corrected chi connectivity index (χ1v) is 13.6. The average molecular weight is 528 g/mol. The summed E-state index contributed by atoms with van der Waals surface area (Å²) in [5.74, 6) is 0.919. The molecule has 1 aliphatic rings. The maximum absolute atomic E-state index is 13.2. The van der Waals surface area contributed by atoms with Crippen molar-refractivity contribution in [1.82, 2.24) is 13.7 Å². The summed E-state index contributed by atoms with van der Waals surface area (Å²) in [4.78, 5) is 7.08. The number of anilines is 1. The zero-order valence-corrected chi connectivity index (χ0v) is 21.4. The minimum Gasteiger partial charge on any atom is -0.355 e. The van der Waals surface area contributed by atoms with Crippen molar-refractivity contribution in [1.29, 1.82) is 5.26 Å². The Hall–Kier alpha value is -2.83. The lowest BCUT2D eigenvalue weighted by Gasteiger charge is -2.36. The Bertz CT molecular complexity index is 1590. The summed E-state index contributed by atoms with van der Waals surface area (Å²) in [7, 11) is -3.70. The highest BCUT2D eigenvalue weighted by molar-refractivity contribution is 7.89. The SMILES string of the molecule is CCCc1cc(N2CCN(S(=O)(=O)c3ccc(Cl)c(Cl)c3)CC2)n2c(nc3ccccc32)c1C#N. The molecule has 0 N–H and O–H groups in total. The van der Waals surface area contributed by atoms with E-state index in [9.17, 15) is 13.7 Å². The number of sulfonamides is 1. The quantitative estimate of drug-likeness (QED) is 0.359. The molecule has 4 aromatic rings. The normalized spacial score (nSPS) is 15.1. The maximum atomic E-state index is 13.2. The summed E-state index contributed by atoms with van der Waals surface area (Å²) < 4.78 is 29.9. The van der Waals surface area contributed by atoms with Gasteiger partial charge in [0, 0.05) is 26.2 Å². The van der Waals surface area contributed by atoms with E-state index in [0.29, 0.717) is 42.4 Å². The van der Waals surface area contributed by atoms with Crippen LogP contribution in [0.1, 0.15) is 24.5 Å². The highest BCUT2D eigenvalue weighted by Gasteiger charge is 2.30. The van der Waals surface area contributed by atoms with Crippen molar-refractivity contribution >= 4 is 55.7 Å². The fourth-order valence-electron chi connectivity index (χ4n) is 4.63. The zero-order chi connectivity index (χ0) is 24.7. The van der Waals surface area contributed by atoms with Crippen LogP contribution >= 0.6 is 23.2 Å². The number of hydrogen-bond acceptors (Lipinski definition) is 5. The number of imidazole rings is 1. The van der Waals surface area contributed by atoms with Gasteiger partial charge in [-0.3, -0.25) is 4.40 Å². The Morgan fingerprint density at radius 3 is 2.46 bits per heavy atom. The van der Waals surface area contributed by atoms with Crippen LogP contribution in [0.4, 0.5) is 5.82 Å². The molecule has 1 aliphatic heterocycles. The third kappa shape index (κ3) is 4.13. The molecule has 1 saturated heterocycles. The number of piperazine rings is 1. The molecule has 0 radical (unpaired) electrons. The highest BCUT2D eigenvalue weighted by atomic mass is 35.5. The third-order valence-electron chi connectivity index (χ3n) is 6.36. The van der Waals surface area contributed by atoms with Gasteiger partial charge >= 0.3 is 0 Å². The monoisotopic (exact) mass is 527 g/mol. The minimum absolute atomic E-state index is 0.131. The van der Waals surface area contributed by atoms with Crippen molar-refractivity contribution in [3.63, 3.8) is 0 Å². The Morgan fingerprint density at radius 1 is 1.03 bits per heavy atom. The second-order valence-electron chi connectivity index (χ2n) is 8.49. The molecule has 0 spiro atoms. The topological polar surface area (TPSA) is 81.7 Å². The fourth-order valence-corrected chi connectivity index (χ4v) is 6.44. The molecule has 5 rings (SSSR count). The van der Waals surface area contributed by atoms with Crippen LogP contribution < -0.4 is 4.90 Å². The Kier molecular flexibility index (Phi) is 6.36. The van der Waals surface area contributed by atoms with Gasteiger partial charge < -0.3 is 4.90 Å². The van der Waals surface area contributed by atoms with Gasteiger partial charge in [-0.25, -0.2) is 13.4 Å². The van der Waals surface area contributed by atoms with Crippen molar-refractivity contribution in [3.05, 3.63) is 69.7 Å². The smallest absolute Gasteiger partial charge is 0.243 e. The van der Waals surface area contributed by atoms with Gasteiger partial charge in [-0.15, -0.1) is 0 Å². The van der Waals surface area contributed by atoms with E-state index in [1.54, 1.807) is 0 Å². The van der Waals surface area contributed by atoms with Gasteiger partial charge in [0.15, 0.2) is 5.65 Å². The number of halogens is 2. The largest absolute Gasteiger partial charge is 0.355 e. The minimum atomic E-state index is -3.70. The van der Waals surface area contributed by atoms with E-state index in [2.05, 4.69) is 24.0 Å². The number of pyridine rings is 1. The molecule has 1 fully saturated rings. The van der Waals surface area contributed by atoms with Gasteiger partial charge in [-0.2, -0.15) is 9.57 Å². The van der Waals surface area contributed by atoms with Crippen molar-refractivity contribution in [2.24, 2.45) is 0 Å². The predicted octanol–water partition coefficient (Wildman–Crippen LogP) is 5.13. The molecule has 35 heavy (non-hydrogen) atoms. The number of para-hydroxylation sites is 2. The van der Waals surface area contributed by atoms with E-state index in [0.717, 1.165) is 35.3 Å². The molecule has 0 atom stereocenters. The van der Waals surface area contributed by atoms with Gasteiger partial charge in [-0.1, -0.05) is 48.7 Å². The number of hydrogen-bond donors (Lipinski definition) is 0. The van der Waals surface area contributed by atoms with Crippen molar-refractivity contribution in [2.45, 2.75) is 24.7 Å². The molecule has 0 unspecified atom stereocenters. The van der Waals surface area contributed by atoms with E-state index < -0.39 is 10.0 Å². The third-order valence-corrected chi connectivity index (χ3v) is 8.99. The van der Waals surface area contributed by atoms with Gasteiger partial charge in [0.05, 0.1) is 31.5 Å². The van der Waals surface area contributed by atoms with Crippen molar-refractivity contribution < 1.29 is 8.42 Å². The molecule has 0 aliphatic carbocycles. The Balaban J connectivity index is 1.52. The average Bonchev–Trinajstić information content (AvgIpc) is 3.25. The van der Waals surface area contributed by atoms with E-state index in [1.165, 1.54) is 22.5 Å². The Morgan fingerprint density at radius 2 is 1.77 bits per heavy atom. The first kappa shape index (κ1) is 23.9. The van der Waals surface area contributed by atoms with Crippen LogP contribution in [0.2, 0.25) is 10.0 Å². The van der Waals surface area contributed by atoms with E-state index in [-0.39, 0.29) is 9.92 Å². The number of aryl methyl sites for hydroxylation is 1. The fraction of sp³-hybridized carbons (Fsp3) is 0.280. The molecule has 7 nitrogen and oxygen atoms in total. The lowest BCUT2D eigenvalue weighted by Crippen LogP contribution is -2.49. The molecular weight excluding hydrogens is 505 g/mol. The number of nitrogens with zero attached hydrogens (tertiary/aromatic N) is 5. The summed E-state index contributed by atoms with van der Waals surface area (Å²) >= 11 is 12.0. The van der Waals surface area contributed by atoms with Gasteiger partial charge in [0.25, 0.3) is 0 Å². The van der Waals surface area contributed by atoms with E-state index in [4.69, 9.17) is 28.2 Å². The number of aromatic nitrogens is 2. The molecule has 0 amide bonds. The summed E-state index contributed by atoms with van der Waals surface area (Å²) in [6.45, 7) is 3.72. The summed E-state index contributed by atoms with van der Waals surface area (Å²) in [5.41, 5.74) is 3.93.